The minimum atomic E-state index is -0.114. The van der Waals surface area contributed by atoms with Gasteiger partial charge in [0, 0.05) is 36.7 Å². The molecule has 0 aromatic carbocycles. The van der Waals surface area contributed by atoms with E-state index in [-0.39, 0.29) is 36.6 Å². The Morgan fingerprint density at radius 2 is 2.05 bits per heavy atom. The average Bonchev–Trinajstić information content (AvgIpc) is 2.76. The molecule has 19 heavy (non-hydrogen) atoms. The molecule has 0 aliphatic heterocycles. The van der Waals surface area contributed by atoms with E-state index in [1.165, 1.54) is 0 Å². The Kier molecular flexibility index (Phi) is 11.5. The van der Waals surface area contributed by atoms with E-state index in [4.69, 9.17) is 5.73 Å². The van der Waals surface area contributed by atoms with E-state index in [0.29, 0.717) is 19.0 Å². The summed E-state index contributed by atoms with van der Waals surface area (Å²) >= 11 is 1.68. The Labute approximate surface area is 131 Å². The monoisotopic (exact) mass is 327 g/mol. The fourth-order valence-electron chi connectivity index (χ4n) is 1.30. The molecule has 1 aromatic rings. The Morgan fingerprint density at radius 3 is 2.53 bits per heavy atom. The quantitative estimate of drug-likeness (QED) is 0.842. The summed E-state index contributed by atoms with van der Waals surface area (Å²) < 4.78 is 0. The molecule has 1 atom stereocenters. The summed E-state index contributed by atoms with van der Waals surface area (Å²) in [7, 11) is 0. The Balaban J connectivity index is 0. The molecule has 1 heterocycles. The van der Waals surface area contributed by atoms with Crippen molar-refractivity contribution in [2.45, 2.75) is 33.1 Å². The van der Waals surface area contributed by atoms with Gasteiger partial charge in [-0.05, 0) is 0 Å². The van der Waals surface area contributed by atoms with Gasteiger partial charge in [-0.2, -0.15) is 0 Å². The third kappa shape index (κ3) is 7.11. The number of carbonyl (C=O) groups excluding carboxylic acids is 1. The molecule has 0 aliphatic rings. The number of aromatic nitrogens is 1. The van der Waals surface area contributed by atoms with Crippen molar-refractivity contribution in [3.8, 4) is 0 Å². The van der Waals surface area contributed by atoms with Crippen molar-refractivity contribution in [2.24, 2.45) is 11.7 Å². The first-order valence-electron chi connectivity index (χ1n) is 5.96. The standard InChI is InChI=1S/C12H21N3OS.2ClH/c1-8(2)12-15-10(7-17-12)4-5-14-11(16)9(3)6-13;;/h7-9H,4-6,13H2,1-3H3,(H,14,16);2*1H. The number of nitrogens with two attached hydrogens (primary N) is 1. The molecule has 0 saturated carbocycles. The molecule has 1 rings (SSSR count). The van der Waals surface area contributed by atoms with E-state index in [0.717, 1.165) is 17.1 Å². The molecule has 0 fully saturated rings. The van der Waals surface area contributed by atoms with Crippen LogP contribution in [0.25, 0.3) is 0 Å². The van der Waals surface area contributed by atoms with Gasteiger partial charge in [-0.25, -0.2) is 4.98 Å². The van der Waals surface area contributed by atoms with Crippen LogP contribution in [0.4, 0.5) is 0 Å². The van der Waals surface area contributed by atoms with E-state index >= 15 is 0 Å². The molecule has 1 unspecified atom stereocenters. The van der Waals surface area contributed by atoms with Crippen LogP contribution in [0.5, 0.6) is 0 Å². The largest absolute Gasteiger partial charge is 0.355 e. The second-order valence-corrected chi connectivity index (χ2v) is 5.40. The highest BCUT2D eigenvalue weighted by atomic mass is 35.5. The summed E-state index contributed by atoms with van der Waals surface area (Å²) in [5.41, 5.74) is 6.48. The van der Waals surface area contributed by atoms with E-state index in [9.17, 15) is 4.79 Å². The molecule has 7 heteroatoms. The molecule has 0 aliphatic carbocycles. The molecule has 1 amide bonds. The highest BCUT2D eigenvalue weighted by molar-refractivity contribution is 7.09. The van der Waals surface area contributed by atoms with Gasteiger partial charge in [-0.1, -0.05) is 20.8 Å². The maximum Gasteiger partial charge on any atom is 0.224 e. The Morgan fingerprint density at radius 1 is 1.42 bits per heavy atom. The van der Waals surface area contributed by atoms with E-state index in [1.54, 1.807) is 11.3 Å². The lowest BCUT2D eigenvalue weighted by atomic mass is 10.1. The number of thiazole rings is 1. The number of amides is 1. The van der Waals surface area contributed by atoms with Gasteiger partial charge < -0.3 is 11.1 Å². The van der Waals surface area contributed by atoms with Crippen molar-refractivity contribution in [3.63, 3.8) is 0 Å². The predicted octanol–water partition coefficient (Wildman–Crippen LogP) is 2.36. The molecular formula is C12H23Cl2N3OS. The predicted molar refractivity (Wildman–Crippen MR) is 85.6 cm³/mol. The van der Waals surface area contributed by atoms with Crippen LogP contribution in [0.2, 0.25) is 0 Å². The molecule has 3 N–H and O–H groups in total. The van der Waals surface area contributed by atoms with Crippen molar-refractivity contribution < 1.29 is 4.79 Å². The van der Waals surface area contributed by atoms with Crippen LogP contribution in [0, 0.1) is 5.92 Å². The summed E-state index contributed by atoms with van der Waals surface area (Å²) in [6.45, 7) is 7.11. The number of nitrogens with one attached hydrogen (secondary N) is 1. The van der Waals surface area contributed by atoms with Crippen LogP contribution in [0.1, 0.15) is 37.4 Å². The van der Waals surface area contributed by atoms with Crippen molar-refractivity contribution >= 4 is 42.1 Å². The van der Waals surface area contributed by atoms with Crippen LogP contribution >= 0.6 is 36.2 Å². The molecule has 1 aromatic heterocycles. The SMILES string of the molecule is CC(CN)C(=O)NCCc1csc(C(C)C)n1.Cl.Cl. The number of rotatable bonds is 6. The highest BCUT2D eigenvalue weighted by Gasteiger charge is 2.10. The van der Waals surface area contributed by atoms with Crippen molar-refractivity contribution in [2.75, 3.05) is 13.1 Å². The van der Waals surface area contributed by atoms with Crippen molar-refractivity contribution in [1.82, 2.24) is 10.3 Å². The van der Waals surface area contributed by atoms with Gasteiger partial charge in [0.05, 0.1) is 10.7 Å². The van der Waals surface area contributed by atoms with Gasteiger partial charge in [-0.15, -0.1) is 36.2 Å². The van der Waals surface area contributed by atoms with Crippen LogP contribution in [-0.4, -0.2) is 24.0 Å². The number of nitrogens with zero attached hydrogens (tertiary/aromatic N) is 1. The molecule has 112 valence electrons. The number of hydrogen-bond donors (Lipinski definition) is 2. The van der Waals surface area contributed by atoms with Crippen LogP contribution in [-0.2, 0) is 11.2 Å². The minimum absolute atomic E-state index is 0. The summed E-state index contributed by atoms with van der Waals surface area (Å²) in [5.74, 6) is 0.379. The zero-order valence-corrected chi connectivity index (χ0v) is 14.0. The first kappa shape index (κ1) is 20.9. The number of carbonyl (C=O) groups is 1. The second kappa shape index (κ2) is 10.4. The van der Waals surface area contributed by atoms with Crippen LogP contribution in [0.15, 0.2) is 5.38 Å². The first-order chi connectivity index (χ1) is 8.04. The molecular weight excluding hydrogens is 305 g/mol. The summed E-state index contributed by atoms with van der Waals surface area (Å²) in [4.78, 5) is 16.0. The minimum Gasteiger partial charge on any atom is -0.355 e. The fraction of sp³-hybridized carbons (Fsp3) is 0.667. The molecule has 0 bridgehead atoms. The smallest absolute Gasteiger partial charge is 0.224 e. The second-order valence-electron chi connectivity index (χ2n) is 4.51. The molecule has 0 radical (unpaired) electrons. The van der Waals surface area contributed by atoms with Crippen molar-refractivity contribution in [3.05, 3.63) is 16.1 Å². The summed E-state index contributed by atoms with van der Waals surface area (Å²) in [6, 6.07) is 0. The van der Waals surface area contributed by atoms with Crippen LogP contribution < -0.4 is 11.1 Å². The zero-order chi connectivity index (χ0) is 12.8. The summed E-state index contributed by atoms with van der Waals surface area (Å²) in [5, 5.41) is 6.08. The third-order valence-electron chi connectivity index (χ3n) is 2.54. The van der Waals surface area contributed by atoms with Gasteiger partial charge in [0.15, 0.2) is 0 Å². The van der Waals surface area contributed by atoms with Gasteiger partial charge in [0.1, 0.15) is 0 Å². The average molecular weight is 328 g/mol. The summed E-state index contributed by atoms with van der Waals surface area (Å²) in [6.07, 6.45) is 0.784. The fourth-order valence-corrected chi connectivity index (χ4v) is 2.17. The lowest BCUT2D eigenvalue weighted by molar-refractivity contribution is -0.124. The number of hydrogen-bond acceptors (Lipinski definition) is 4. The normalized spacial score (nSPS) is 11.4. The maximum absolute atomic E-state index is 11.5. The van der Waals surface area contributed by atoms with Gasteiger partial charge in [0.2, 0.25) is 5.91 Å². The van der Waals surface area contributed by atoms with Gasteiger partial charge in [-0.3, -0.25) is 4.79 Å². The third-order valence-corrected chi connectivity index (χ3v) is 3.74. The Hall–Kier alpha value is -0.360. The van der Waals surface area contributed by atoms with E-state index < -0.39 is 0 Å². The van der Waals surface area contributed by atoms with E-state index in [1.807, 2.05) is 6.92 Å². The first-order valence-corrected chi connectivity index (χ1v) is 6.84. The van der Waals surface area contributed by atoms with Crippen molar-refractivity contribution in [1.29, 1.82) is 0 Å². The molecule has 0 spiro atoms. The Bertz CT molecular complexity index is 372. The topological polar surface area (TPSA) is 68.0 Å². The lowest BCUT2D eigenvalue weighted by Gasteiger charge is -2.08. The van der Waals surface area contributed by atoms with Crippen LogP contribution in [0.3, 0.4) is 0 Å². The zero-order valence-electron chi connectivity index (χ0n) is 11.5. The van der Waals surface area contributed by atoms with E-state index in [2.05, 4.69) is 29.5 Å². The highest BCUT2D eigenvalue weighted by Crippen LogP contribution is 2.19. The molecule has 4 nitrogen and oxygen atoms in total. The number of halogens is 2. The maximum atomic E-state index is 11.5. The molecule has 0 saturated heterocycles. The van der Waals surface area contributed by atoms with Gasteiger partial charge >= 0.3 is 0 Å². The van der Waals surface area contributed by atoms with Gasteiger partial charge in [0.25, 0.3) is 0 Å². The lowest BCUT2D eigenvalue weighted by Crippen LogP contribution is -2.34.